The van der Waals surface area contributed by atoms with Gasteiger partial charge in [0.25, 0.3) is 0 Å². The van der Waals surface area contributed by atoms with E-state index in [-0.39, 0.29) is 5.91 Å². The van der Waals surface area contributed by atoms with Crippen molar-refractivity contribution in [2.24, 2.45) is 0 Å². The van der Waals surface area contributed by atoms with Gasteiger partial charge in [0, 0.05) is 17.5 Å². The Bertz CT molecular complexity index is 866. The molecule has 5 heteroatoms. The lowest BCUT2D eigenvalue weighted by atomic mass is 10.0. The van der Waals surface area contributed by atoms with E-state index in [2.05, 4.69) is 10.4 Å². The maximum atomic E-state index is 11.6. The number of nitrogen functional groups attached to an aromatic ring is 1. The normalized spacial score (nSPS) is 14.0. The number of para-hydroxylation sites is 1. The van der Waals surface area contributed by atoms with Gasteiger partial charge in [-0.05, 0) is 30.2 Å². The molecule has 104 valence electrons. The van der Waals surface area contributed by atoms with Crippen LogP contribution < -0.4 is 11.1 Å². The Morgan fingerprint density at radius 3 is 2.95 bits per heavy atom. The fraction of sp³-hybridized carbons (Fsp3) is 0.125. The fourth-order valence-electron chi connectivity index (χ4n) is 2.78. The fourth-order valence-corrected chi connectivity index (χ4v) is 2.78. The summed E-state index contributed by atoms with van der Waals surface area (Å²) in [5.74, 6) is 0.0449. The molecule has 0 fully saturated rings. The topological polar surface area (TPSA) is 72.9 Å². The van der Waals surface area contributed by atoms with E-state index in [1.165, 1.54) is 0 Å². The Morgan fingerprint density at radius 2 is 2.05 bits per heavy atom. The van der Waals surface area contributed by atoms with Crippen molar-refractivity contribution in [1.82, 2.24) is 9.78 Å². The van der Waals surface area contributed by atoms with Gasteiger partial charge in [0.2, 0.25) is 5.91 Å². The number of benzene rings is 2. The summed E-state index contributed by atoms with van der Waals surface area (Å²) in [7, 11) is 0. The highest BCUT2D eigenvalue weighted by atomic mass is 16.1. The molecule has 2 aromatic carbocycles. The molecule has 0 spiro atoms. The quantitative estimate of drug-likeness (QED) is 0.672. The predicted octanol–water partition coefficient (Wildman–Crippen LogP) is 2.49. The van der Waals surface area contributed by atoms with Gasteiger partial charge in [-0.2, -0.15) is 5.10 Å². The Balaban J connectivity index is 1.92. The molecule has 3 N–H and O–H groups in total. The standard InChI is InChI=1S/C16H14N4O/c17-12-7-10-5-6-16(21)19-13(10)8-15(12)20-14-4-2-1-3-11(14)9-18-20/h1-4,7-9H,5-6,17H2,(H,19,21). The summed E-state index contributed by atoms with van der Waals surface area (Å²) in [6.07, 6.45) is 3.05. The zero-order chi connectivity index (χ0) is 14.4. The molecule has 5 nitrogen and oxygen atoms in total. The van der Waals surface area contributed by atoms with Crippen molar-refractivity contribution in [2.75, 3.05) is 11.1 Å². The van der Waals surface area contributed by atoms with Gasteiger partial charge >= 0.3 is 0 Å². The van der Waals surface area contributed by atoms with Crippen LogP contribution in [-0.4, -0.2) is 15.7 Å². The van der Waals surface area contributed by atoms with E-state index in [9.17, 15) is 4.79 Å². The van der Waals surface area contributed by atoms with E-state index in [1.807, 2.05) is 47.3 Å². The number of fused-ring (bicyclic) bond motifs is 2. The highest BCUT2D eigenvalue weighted by Gasteiger charge is 2.18. The second kappa shape index (κ2) is 4.34. The van der Waals surface area contributed by atoms with Gasteiger partial charge in [0.15, 0.2) is 0 Å². The van der Waals surface area contributed by atoms with Crippen molar-refractivity contribution < 1.29 is 4.79 Å². The lowest BCUT2D eigenvalue weighted by molar-refractivity contribution is -0.116. The van der Waals surface area contributed by atoms with Gasteiger partial charge in [-0.3, -0.25) is 4.79 Å². The molecule has 0 bridgehead atoms. The molecule has 2 heterocycles. The highest BCUT2D eigenvalue weighted by molar-refractivity contribution is 5.95. The first-order valence-corrected chi connectivity index (χ1v) is 6.88. The lowest BCUT2D eigenvalue weighted by Crippen LogP contribution is -2.19. The van der Waals surface area contributed by atoms with Gasteiger partial charge in [-0.15, -0.1) is 0 Å². The summed E-state index contributed by atoms with van der Waals surface area (Å²) in [6, 6.07) is 11.8. The molecule has 1 aliphatic heterocycles. The zero-order valence-corrected chi connectivity index (χ0v) is 11.3. The van der Waals surface area contributed by atoms with Crippen molar-refractivity contribution in [1.29, 1.82) is 0 Å². The van der Waals surface area contributed by atoms with Crippen molar-refractivity contribution >= 4 is 28.2 Å². The highest BCUT2D eigenvalue weighted by Crippen LogP contribution is 2.31. The summed E-state index contributed by atoms with van der Waals surface area (Å²) in [4.78, 5) is 11.6. The Hall–Kier alpha value is -2.82. The Morgan fingerprint density at radius 1 is 1.19 bits per heavy atom. The van der Waals surface area contributed by atoms with Crippen LogP contribution >= 0.6 is 0 Å². The minimum Gasteiger partial charge on any atom is -0.397 e. The zero-order valence-electron chi connectivity index (χ0n) is 11.3. The van der Waals surface area contributed by atoms with Crippen LogP contribution in [0.5, 0.6) is 0 Å². The number of hydrogen-bond acceptors (Lipinski definition) is 3. The lowest BCUT2D eigenvalue weighted by Gasteiger charge is -2.19. The van der Waals surface area contributed by atoms with Crippen LogP contribution in [0.25, 0.3) is 16.6 Å². The predicted molar refractivity (Wildman–Crippen MR) is 82.4 cm³/mol. The number of nitrogens with one attached hydrogen (secondary N) is 1. The third kappa shape index (κ3) is 1.86. The average Bonchev–Trinajstić information content (AvgIpc) is 2.91. The second-order valence-corrected chi connectivity index (χ2v) is 5.23. The molecular weight excluding hydrogens is 264 g/mol. The number of anilines is 2. The van der Waals surface area contributed by atoms with Crippen LogP contribution in [0, 0.1) is 0 Å². The van der Waals surface area contributed by atoms with Crippen LogP contribution in [0.3, 0.4) is 0 Å². The van der Waals surface area contributed by atoms with Gasteiger partial charge in [-0.25, -0.2) is 4.68 Å². The van der Waals surface area contributed by atoms with Crippen molar-refractivity contribution in [3.8, 4) is 5.69 Å². The number of nitrogens with zero attached hydrogens (tertiary/aromatic N) is 2. The molecule has 0 saturated carbocycles. The molecule has 0 atom stereocenters. The molecule has 0 aliphatic carbocycles. The van der Waals surface area contributed by atoms with Crippen LogP contribution in [0.1, 0.15) is 12.0 Å². The van der Waals surface area contributed by atoms with E-state index in [1.54, 1.807) is 0 Å². The summed E-state index contributed by atoms with van der Waals surface area (Å²) in [5, 5.41) is 8.37. The number of hydrogen-bond donors (Lipinski definition) is 2. The first kappa shape index (κ1) is 12.0. The maximum Gasteiger partial charge on any atom is 0.224 e. The van der Waals surface area contributed by atoms with Crippen LogP contribution in [0.4, 0.5) is 11.4 Å². The second-order valence-electron chi connectivity index (χ2n) is 5.23. The molecule has 3 aromatic rings. The molecular formula is C16H14N4O. The third-order valence-corrected chi connectivity index (χ3v) is 3.85. The Labute approximate surface area is 121 Å². The van der Waals surface area contributed by atoms with E-state index in [0.717, 1.165) is 34.3 Å². The van der Waals surface area contributed by atoms with E-state index in [4.69, 9.17) is 5.73 Å². The van der Waals surface area contributed by atoms with E-state index < -0.39 is 0 Å². The first-order valence-electron chi connectivity index (χ1n) is 6.88. The first-order chi connectivity index (χ1) is 10.2. The molecule has 4 rings (SSSR count). The molecule has 1 aromatic heterocycles. The number of aromatic nitrogens is 2. The van der Waals surface area contributed by atoms with E-state index >= 15 is 0 Å². The van der Waals surface area contributed by atoms with E-state index in [0.29, 0.717) is 12.1 Å². The average molecular weight is 278 g/mol. The molecule has 1 aliphatic rings. The van der Waals surface area contributed by atoms with Crippen molar-refractivity contribution in [3.05, 3.63) is 48.2 Å². The molecule has 1 amide bonds. The molecule has 21 heavy (non-hydrogen) atoms. The van der Waals surface area contributed by atoms with Crippen LogP contribution in [0.2, 0.25) is 0 Å². The molecule has 0 unspecified atom stereocenters. The van der Waals surface area contributed by atoms with Gasteiger partial charge < -0.3 is 11.1 Å². The number of carbonyl (C=O) groups excluding carboxylic acids is 1. The Kier molecular flexibility index (Phi) is 2.47. The third-order valence-electron chi connectivity index (χ3n) is 3.85. The largest absolute Gasteiger partial charge is 0.397 e. The summed E-state index contributed by atoms with van der Waals surface area (Å²) < 4.78 is 1.81. The minimum absolute atomic E-state index is 0.0449. The van der Waals surface area contributed by atoms with Crippen molar-refractivity contribution in [3.63, 3.8) is 0 Å². The van der Waals surface area contributed by atoms with Gasteiger partial charge in [0.1, 0.15) is 0 Å². The smallest absolute Gasteiger partial charge is 0.224 e. The number of amides is 1. The van der Waals surface area contributed by atoms with Crippen LogP contribution in [0.15, 0.2) is 42.6 Å². The summed E-state index contributed by atoms with van der Waals surface area (Å²) >= 11 is 0. The molecule has 0 saturated heterocycles. The minimum atomic E-state index is 0.0449. The van der Waals surface area contributed by atoms with Crippen LogP contribution in [-0.2, 0) is 11.2 Å². The van der Waals surface area contributed by atoms with Crippen molar-refractivity contribution in [2.45, 2.75) is 12.8 Å². The number of nitrogens with two attached hydrogens (primary N) is 1. The summed E-state index contributed by atoms with van der Waals surface area (Å²) in [5.41, 5.74) is 10.5. The monoisotopic (exact) mass is 278 g/mol. The number of aryl methyl sites for hydroxylation is 1. The van der Waals surface area contributed by atoms with Gasteiger partial charge in [0.05, 0.1) is 23.1 Å². The SMILES string of the molecule is Nc1cc2c(cc1-n1ncc3ccccc31)NC(=O)CC2. The maximum absolute atomic E-state index is 11.6. The molecule has 0 radical (unpaired) electrons. The summed E-state index contributed by atoms with van der Waals surface area (Å²) in [6.45, 7) is 0. The van der Waals surface area contributed by atoms with Gasteiger partial charge in [-0.1, -0.05) is 18.2 Å². The number of carbonyl (C=O) groups is 1. The number of rotatable bonds is 1.